The summed E-state index contributed by atoms with van der Waals surface area (Å²) in [5.74, 6) is 0.575. The number of aryl methyl sites for hydroxylation is 2. The summed E-state index contributed by atoms with van der Waals surface area (Å²) in [4.78, 5) is 19.0. The molecule has 22 heavy (non-hydrogen) atoms. The van der Waals surface area contributed by atoms with Gasteiger partial charge in [0.2, 0.25) is 0 Å². The minimum absolute atomic E-state index is 0.0563. The van der Waals surface area contributed by atoms with Crippen LogP contribution >= 0.6 is 0 Å². The Morgan fingerprint density at radius 2 is 2.09 bits per heavy atom. The van der Waals surface area contributed by atoms with Crippen molar-refractivity contribution < 1.29 is 4.79 Å². The molecule has 3 rings (SSSR count). The molecule has 2 aromatic heterocycles. The summed E-state index contributed by atoms with van der Waals surface area (Å²) in [6.07, 6.45) is 3.61. The zero-order valence-electron chi connectivity index (χ0n) is 13.4. The van der Waals surface area contributed by atoms with Gasteiger partial charge < -0.3 is 10.6 Å². The van der Waals surface area contributed by atoms with Crippen LogP contribution < -0.4 is 5.73 Å². The van der Waals surface area contributed by atoms with Gasteiger partial charge in [0.25, 0.3) is 5.91 Å². The Labute approximate surface area is 130 Å². The maximum Gasteiger partial charge on any atom is 0.255 e. The van der Waals surface area contributed by atoms with Gasteiger partial charge >= 0.3 is 0 Å². The fourth-order valence-electron chi connectivity index (χ4n) is 3.24. The Bertz CT molecular complexity index is 698. The smallest absolute Gasteiger partial charge is 0.255 e. The molecule has 0 aliphatic carbocycles. The number of pyridine rings is 1. The first kappa shape index (κ1) is 15.0. The second-order valence-electron chi connectivity index (χ2n) is 6.29. The fourth-order valence-corrected chi connectivity index (χ4v) is 3.24. The summed E-state index contributed by atoms with van der Waals surface area (Å²) in [5, 5.41) is 5.29. The van der Waals surface area contributed by atoms with Gasteiger partial charge in [0, 0.05) is 37.8 Å². The third-order valence-electron chi connectivity index (χ3n) is 4.68. The van der Waals surface area contributed by atoms with Gasteiger partial charge in [0.05, 0.1) is 11.3 Å². The van der Waals surface area contributed by atoms with Gasteiger partial charge in [-0.1, -0.05) is 0 Å². The number of carbonyl (C=O) groups excluding carboxylic acids is 1. The van der Waals surface area contributed by atoms with E-state index in [2.05, 4.69) is 10.1 Å². The molecule has 1 fully saturated rings. The summed E-state index contributed by atoms with van der Waals surface area (Å²) in [6.45, 7) is 5.53. The lowest BCUT2D eigenvalue weighted by Gasteiger charge is -2.33. The van der Waals surface area contributed by atoms with Crippen molar-refractivity contribution in [2.45, 2.75) is 32.7 Å². The van der Waals surface area contributed by atoms with Crippen molar-refractivity contribution in [2.75, 3.05) is 13.1 Å². The highest BCUT2D eigenvalue weighted by atomic mass is 16.2. The summed E-state index contributed by atoms with van der Waals surface area (Å²) in [5.41, 5.74) is 8.31. The number of piperidine rings is 1. The Morgan fingerprint density at radius 1 is 1.41 bits per heavy atom. The molecule has 6 heteroatoms. The Balaban J connectivity index is 1.79. The Kier molecular flexibility index (Phi) is 3.87. The van der Waals surface area contributed by atoms with E-state index in [1.54, 1.807) is 10.9 Å². The van der Waals surface area contributed by atoms with Crippen molar-refractivity contribution in [3.8, 4) is 0 Å². The van der Waals surface area contributed by atoms with Crippen LogP contribution in [0.3, 0.4) is 0 Å². The van der Waals surface area contributed by atoms with Crippen LogP contribution in [-0.2, 0) is 7.05 Å². The first-order valence-electron chi connectivity index (χ1n) is 7.81. The molecule has 1 aliphatic heterocycles. The van der Waals surface area contributed by atoms with Crippen LogP contribution in [0.15, 0.2) is 12.3 Å². The van der Waals surface area contributed by atoms with Gasteiger partial charge in [-0.25, -0.2) is 4.98 Å². The molecule has 0 aromatic carbocycles. The summed E-state index contributed by atoms with van der Waals surface area (Å²) < 4.78 is 1.74. The highest BCUT2D eigenvalue weighted by Crippen LogP contribution is 2.22. The lowest BCUT2D eigenvalue weighted by molar-refractivity contribution is 0.0681. The van der Waals surface area contributed by atoms with Gasteiger partial charge in [-0.05, 0) is 38.7 Å². The molecule has 118 valence electrons. The van der Waals surface area contributed by atoms with Crippen LogP contribution in [0.5, 0.6) is 0 Å². The minimum atomic E-state index is 0.0563. The van der Waals surface area contributed by atoms with Gasteiger partial charge in [0.1, 0.15) is 0 Å². The van der Waals surface area contributed by atoms with Gasteiger partial charge in [-0.2, -0.15) is 5.10 Å². The maximum absolute atomic E-state index is 12.7. The second kappa shape index (κ2) is 5.68. The SMILES string of the molecule is Cc1nn(C)c2ncc(C(=O)N3CCC(C(C)N)CC3)cc12. The molecule has 0 spiro atoms. The van der Waals surface area contributed by atoms with E-state index in [4.69, 9.17) is 5.73 Å². The molecule has 1 saturated heterocycles. The maximum atomic E-state index is 12.7. The molecule has 2 N–H and O–H groups in total. The average molecular weight is 301 g/mol. The fraction of sp³-hybridized carbons (Fsp3) is 0.562. The molecule has 0 radical (unpaired) electrons. The number of nitrogens with two attached hydrogens (primary N) is 1. The zero-order chi connectivity index (χ0) is 15.9. The van der Waals surface area contributed by atoms with E-state index in [1.807, 2.05) is 31.9 Å². The van der Waals surface area contributed by atoms with E-state index in [1.165, 1.54) is 0 Å². The number of hydrogen-bond acceptors (Lipinski definition) is 4. The lowest BCUT2D eigenvalue weighted by Crippen LogP contribution is -2.42. The summed E-state index contributed by atoms with van der Waals surface area (Å²) >= 11 is 0. The van der Waals surface area contributed by atoms with E-state index in [0.29, 0.717) is 11.5 Å². The van der Waals surface area contributed by atoms with Crippen LogP contribution in [0.4, 0.5) is 0 Å². The van der Waals surface area contributed by atoms with Crippen LogP contribution in [-0.4, -0.2) is 44.7 Å². The molecule has 6 nitrogen and oxygen atoms in total. The molecule has 3 heterocycles. The molecule has 0 bridgehead atoms. The molecule has 1 atom stereocenters. The number of nitrogens with zero attached hydrogens (tertiary/aromatic N) is 4. The largest absolute Gasteiger partial charge is 0.339 e. The molecular formula is C16H23N5O. The molecule has 1 amide bonds. The summed E-state index contributed by atoms with van der Waals surface area (Å²) in [7, 11) is 1.86. The van der Waals surface area contributed by atoms with E-state index in [0.717, 1.165) is 42.7 Å². The quantitative estimate of drug-likeness (QED) is 0.911. The first-order valence-corrected chi connectivity index (χ1v) is 7.81. The van der Waals surface area contributed by atoms with Crippen LogP contribution in [0.25, 0.3) is 11.0 Å². The zero-order valence-corrected chi connectivity index (χ0v) is 13.4. The van der Waals surface area contributed by atoms with Crippen LogP contribution in [0.2, 0.25) is 0 Å². The van der Waals surface area contributed by atoms with Gasteiger partial charge in [-0.15, -0.1) is 0 Å². The van der Waals surface area contributed by atoms with Gasteiger partial charge in [-0.3, -0.25) is 9.48 Å². The Hall–Kier alpha value is -1.95. The molecule has 1 aliphatic rings. The van der Waals surface area contributed by atoms with Crippen LogP contribution in [0, 0.1) is 12.8 Å². The molecule has 2 aromatic rings. The third kappa shape index (κ3) is 2.59. The topological polar surface area (TPSA) is 77.0 Å². The number of fused-ring (bicyclic) bond motifs is 1. The molecule has 0 saturated carbocycles. The normalized spacial score (nSPS) is 17.9. The van der Waals surface area contributed by atoms with Crippen molar-refractivity contribution in [3.05, 3.63) is 23.5 Å². The Morgan fingerprint density at radius 3 is 2.73 bits per heavy atom. The molecular weight excluding hydrogens is 278 g/mol. The number of likely N-dealkylation sites (tertiary alicyclic amines) is 1. The van der Waals surface area contributed by atoms with E-state index < -0.39 is 0 Å². The lowest BCUT2D eigenvalue weighted by atomic mass is 9.91. The predicted octanol–water partition coefficient (Wildman–Crippen LogP) is 1.48. The predicted molar refractivity (Wildman–Crippen MR) is 85.5 cm³/mol. The number of carbonyl (C=O) groups is 1. The standard InChI is InChI=1S/C16H23N5O/c1-10(17)12-4-6-21(7-5-12)16(22)13-8-14-11(2)19-20(3)15(14)18-9-13/h8-10,12H,4-7,17H2,1-3H3. The minimum Gasteiger partial charge on any atom is -0.339 e. The van der Waals surface area contributed by atoms with Crippen LogP contribution in [0.1, 0.15) is 35.8 Å². The van der Waals surface area contributed by atoms with Crippen molar-refractivity contribution in [3.63, 3.8) is 0 Å². The van der Waals surface area contributed by atoms with Crippen molar-refractivity contribution >= 4 is 16.9 Å². The average Bonchev–Trinajstić information content (AvgIpc) is 2.81. The van der Waals surface area contributed by atoms with E-state index in [9.17, 15) is 4.79 Å². The number of amides is 1. The van der Waals surface area contributed by atoms with Gasteiger partial charge in [0.15, 0.2) is 5.65 Å². The van der Waals surface area contributed by atoms with Crippen molar-refractivity contribution in [1.29, 1.82) is 0 Å². The highest BCUT2D eigenvalue weighted by molar-refractivity contribution is 5.97. The second-order valence-corrected chi connectivity index (χ2v) is 6.29. The molecule has 1 unspecified atom stereocenters. The number of rotatable bonds is 2. The van der Waals surface area contributed by atoms with Crippen molar-refractivity contribution in [1.82, 2.24) is 19.7 Å². The first-order chi connectivity index (χ1) is 10.5. The van der Waals surface area contributed by atoms with E-state index >= 15 is 0 Å². The summed E-state index contributed by atoms with van der Waals surface area (Å²) in [6, 6.07) is 2.11. The number of aromatic nitrogens is 3. The van der Waals surface area contributed by atoms with E-state index in [-0.39, 0.29) is 11.9 Å². The number of hydrogen-bond donors (Lipinski definition) is 1. The monoisotopic (exact) mass is 301 g/mol. The highest BCUT2D eigenvalue weighted by Gasteiger charge is 2.26. The van der Waals surface area contributed by atoms with Crippen molar-refractivity contribution in [2.24, 2.45) is 18.7 Å². The third-order valence-corrected chi connectivity index (χ3v) is 4.68.